The molecule has 3 aromatic carbocycles. The van der Waals surface area contributed by atoms with Gasteiger partial charge in [-0.05, 0) is 61.7 Å². The molecule has 4 heteroatoms. The molecule has 3 rings (SSSR count). The van der Waals surface area contributed by atoms with E-state index in [1.54, 1.807) is 24.3 Å². The minimum Gasteiger partial charge on any atom is -0.488 e. The summed E-state index contributed by atoms with van der Waals surface area (Å²) >= 11 is 0. The Kier molecular flexibility index (Phi) is 6.13. The van der Waals surface area contributed by atoms with Crippen molar-refractivity contribution in [2.75, 3.05) is 0 Å². The van der Waals surface area contributed by atoms with E-state index in [0.29, 0.717) is 23.5 Å². The second-order valence-electron chi connectivity index (χ2n) is 7.72. The molecule has 0 fully saturated rings. The summed E-state index contributed by atoms with van der Waals surface area (Å²) in [7, 11) is 0. The number of hydrogen-bond donors (Lipinski definition) is 0. The minimum atomic E-state index is -0.538. The van der Waals surface area contributed by atoms with Crippen LogP contribution >= 0.6 is 0 Å². The van der Waals surface area contributed by atoms with Gasteiger partial charge >= 0.3 is 5.97 Å². The lowest BCUT2D eigenvalue weighted by molar-refractivity contribution is 0.00695. The molecule has 3 aromatic rings. The van der Waals surface area contributed by atoms with Gasteiger partial charge in [0.1, 0.15) is 18.0 Å². The maximum atomic E-state index is 12.2. The zero-order chi connectivity index (χ0) is 20.9. The van der Waals surface area contributed by atoms with Crippen LogP contribution in [0.25, 0.3) is 11.1 Å². The molecule has 0 saturated carbocycles. The molecule has 0 spiro atoms. The third-order valence-corrected chi connectivity index (χ3v) is 4.23. The van der Waals surface area contributed by atoms with Crippen molar-refractivity contribution in [2.24, 2.45) is 0 Å². The Labute approximate surface area is 171 Å². The van der Waals surface area contributed by atoms with Gasteiger partial charge in [-0.25, -0.2) is 4.79 Å². The molecule has 0 amide bonds. The predicted molar refractivity (Wildman–Crippen MR) is 113 cm³/mol. The summed E-state index contributed by atoms with van der Waals surface area (Å²) in [6.07, 6.45) is 0.791. The highest BCUT2D eigenvalue weighted by Gasteiger charge is 2.17. The average Bonchev–Trinajstić information content (AvgIpc) is 2.72. The van der Waals surface area contributed by atoms with Gasteiger partial charge in [0.2, 0.25) is 0 Å². The molecule has 0 unspecified atom stereocenters. The number of esters is 1. The number of carbonyl (C=O) groups is 2. The third-order valence-electron chi connectivity index (χ3n) is 4.23. The van der Waals surface area contributed by atoms with Crippen molar-refractivity contribution in [1.29, 1.82) is 0 Å². The Bertz CT molecular complexity index is 984. The molecule has 0 heterocycles. The Hall–Kier alpha value is -3.40. The van der Waals surface area contributed by atoms with Crippen LogP contribution in [-0.4, -0.2) is 17.9 Å². The minimum absolute atomic E-state index is 0.359. The second kappa shape index (κ2) is 8.74. The van der Waals surface area contributed by atoms with Crippen LogP contribution in [0.2, 0.25) is 0 Å². The summed E-state index contributed by atoms with van der Waals surface area (Å²) in [6.45, 7) is 5.90. The molecule has 0 radical (unpaired) electrons. The molecule has 0 bridgehead atoms. The van der Waals surface area contributed by atoms with Crippen molar-refractivity contribution in [3.63, 3.8) is 0 Å². The second-order valence-corrected chi connectivity index (χ2v) is 7.72. The molecule has 0 saturated heterocycles. The molecule has 148 valence electrons. The van der Waals surface area contributed by atoms with Gasteiger partial charge in [0.15, 0.2) is 6.29 Å². The molecule has 0 N–H and O–H groups in total. The standard InChI is InChI=1S/C25H24O4/c1-25(2,3)29-24(27)20-11-9-19(10-12-20)21-13-14-23(22(15-21)16-26)28-17-18-7-5-4-6-8-18/h4-16H,17H2,1-3H3. The predicted octanol–water partition coefficient (Wildman–Crippen LogP) is 5.70. The van der Waals surface area contributed by atoms with Crippen molar-refractivity contribution >= 4 is 12.3 Å². The van der Waals surface area contributed by atoms with Gasteiger partial charge in [0.05, 0.1) is 11.1 Å². The van der Waals surface area contributed by atoms with Gasteiger partial charge in [-0.15, -0.1) is 0 Å². The van der Waals surface area contributed by atoms with Crippen LogP contribution in [0, 0.1) is 0 Å². The summed E-state index contributed by atoms with van der Waals surface area (Å²) in [5, 5.41) is 0. The fourth-order valence-electron chi connectivity index (χ4n) is 2.82. The number of rotatable bonds is 6. The number of carbonyl (C=O) groups excluding carboxylic acids is 2. The van der Waals surface area contributed by atoms with Crippen LogP contribution in [-0.2, 0) is 11.3 Å². The van der Waals surface area contributed by atoms with Crippen molar-refractivity contribution in [2.45, 2.75) is 33.0 Å². The van der Waals surface area contributed by atoms with Gasteiger partial charge in [-0.3, -0.25) is 4.79 Å². The topological polar surface area (TPSA) is 52.6 Å². The normalized spacial score (nSPS) is 11.0. The van der Waals surface area contributed by atoms with E-state index in [4.69, 9.17) is 9.47 Å². The van der Waals surface area contributed by atoms with E-state index in [1.807, 2.05) is 69.3 Å². The molecule has 0 aliphatic carbocycles. The first-order valence-electron chi connectivity index (χ1n) is 9.45. The monoisotopic (exact) mass is 388 g/mol. The molecule has 29 heavy (non-hydrogen) atoms. The van der Waals surface area contributed by atoms with Gasteiger partial charge < -0.3 is 9.47 Å². The molecule has 0 aliphatic rings. The third kappa shape index (κ3) is 5.55. The van der Waals surface area contributed by atoms with Gasteiger partial charge in [0, 0.05) is 0 Å². The van der Waals surface area contributed by atoms with E-state index in [1.165, 1.54) is 0 Å². The van der Waals surface area contributed by atoms with Crippen molar-refractivity contribution in [3.8, 4) is 16.9 Å². The highest BCUT2D eigenvalue weighted by atomic mass is 16.6. The van der Waals surface area contributed by atoms with E-state index < -0.39 is 5.60 Å². The van der Waals surface area contributed by atoms with Crippen LogP contribution < -0.4 is 4.74 Å². The summed E-state index contributed by atoms with van der Waals surface area (Å²) in [5.74, 6) is 0.181. The Morgan fingerprint density at radius 3 is 2.17 bits per heavy atom. The maximum absolute atomic E-state index is 12.2. The van der Waals surface area contributed by atoms with E-state index >= 15 is 0 Å². The van der Waals surface area contributed by atoms with Crippen LogP contribution in [0.3, 0.4) is 0 Å². The fraction of sp³-hybridized carbons (Fsp3) is 0.200. The quantitative estimate of drug-likeness (QED) is 0.401. The van der Waals surface area contributed by atoms with E-state index in [0.717, 1.165) is 23.0 Å². The lowest BCUT2D eigenvalue weighted by Gasteiger charge is -2.19. The number of aldehydes is 1. The number of benzene rings is 3. The van der Waals surface area contributed by atoms with E-state index in [2.05, 4.69) is 0 Å². The summed E-state index contributed by atoms with van der Waals surface area (Å²) in [5.41, 5.74) is 3.23. The maximum Gasteiger partial charge on any atom is 0.338 e. The van der Waals surface area contributed by atoms with Crippen molar-refractivity contribution in [1.82, 2.24) is 0 Å². The van der Waals surface area contributed by atoms with Crippen molar-refractivity contribution in [3.05, 3.63) is 89.5 Å². The van der Waals surface area contributed by atoms with Crippen LogP contribution in [0.1, 0.15) is 47.1 Å². The highest BCUT2D eigenvalue weighted by molar-refractivity contribution is 5.90. The first kappa shape index (κ1) is 20.3. The SMILES string of the molecule is CC(C)(C)OC(=O)c1ccc(-c2ccc(OCc3ccccc3)c(C=O)c2)cc1. The van der Waals surface area contributed by atoms with E-state index in [-0.39, 0.29) is 5.97 Å². The molecular formula is C25H24O4. The zero-order valence-electron chi connectivity index (χ0n) is 16.8. The van der Waals surface area contributed by atoms with Crippen LogP contribution in [0.4, 0.5) is 0 Å². The summed E-state index contributed by atoms with van der Waals surface area (Å²) in [4.78, 5) is 23.7. The van der Waals surface area contributed by atoms with Gasteiger partial charge in [-0.2, -0.15) is 0 Å². The van der Waals surface area contributed by atoms with Crippen molar-refractivity contribution < 1.29 is 19.1 Å². The smallest absolute Gasteiger partial charge is 0.338 e. The average molecular weight is 388 g/mol. The Balaban J connectivity index is 1.75. The van der Waals surface area contributed by atoms with Gasteiger partial charge in [0.25, 0.3) is 0 Å². The zero-order valence-corrected chi connectivity index (χ0v) is 16.8. The number of hydrogen-bond acceptors (Lipinski definition) is 4. The summed E-state index contributed by atoms with van der Waals surface area (Å²) < 4.78 is 11.2. The van der Waals surface area contributed by atoms with Crippen LogP contribution in [0.15, 0.2) is 72.8 Å². The van der Waals surface area contributed by atoms with Crippen LogP contribution in [0.5, 0.6) is 5.75 Å². The summed E-state index contributed by atoms with van der Waals surface area (Å²) in [6, 6.07) is 22.4. The molecule has 0 aromatic heterocycles. The molecule has 0 aliphatic heterocycles. The molecular weight excluding hydrogens is 364 g/mol. The first-order valence-corrected chi connectivity index (χ1v) is 9.45. The lowest BCUT2D eigenvalue weighted by atomic mass is 10.0. The Morgan fingerprint density at radius 2 is 1.55 bits per heavy atom. The molecule has 0 atom stereocenters. The number of ether oxygens (including phenoxy) is 2. The highest BCUT2D eigenvalue weighted by Crippen LogP contribution is 2.27. The lowest BCUT2D eigenvalue weighted by Crippen LogP contribution is -2.23. The largest absolute Gasteiger partial charge is 0.488 e. The first-order chi connectivity index (χ1) is 13.9. The fourth-order valence-corrected chi connectivity index (χ4v) is 2.82. The van der Waals surface area contributed by atoms with Gasteiger partial charge in [-0.1, -0.05) is 48.5 Å². The Morgan fingerprint density at radius 1 is 0.897 bits per heavy atom. The molecule has 4 nitrogen and oxygen atoms in total. The van der Waals surface area contributed by atoms with E-state index in [9.17, 15) is 9.59 Å².